The Morgan fingerprint density at radius 2 is 1.93 bits per heavy atom. The van der Waals surface area contributed by atoms with Gasteiger partial charge in [0.1, 0.15) is 40.6 Å². The van der Waals surface area contributed by atoms with Gasteiger partial charge in [-0.2, -0.15) is 5.26 Å². The first-order valence-electron chi connectivity index (χ1n) is 13.1. The minimum atomic E-state index is -0.537. The number of carbonyl (C=O) groups excluding carboxylic acids is 1. The van der Waals surface area contributed by atoms with E-state index in [1.54, 1.807) is 28.4 Å². The number of rotatable bonds is 5. The number of hydrogen-bond acceptors (Lipinski definition) is 8. The summed E-state index contributed by atoms with van der Waals surface area (Å²) in [5.74, 6) is -0.0596. The second-order valence-corrected chi connectivity index (χ2v) is 10.9. The van der Waals surface area contributed by atoms with Crippen LogP contribution in [0.4, 0.5) is 9.18 Å². The van der Waals surface area contributed by atoms with Gasteiger partial charge in [-0.1, -0.05) is 5.21 Å². The van der Waals surface area contributed by atoms with Gasteiger partial charge in [0.2, 0.25) is 5.88 Å². The van der Waals surface area contributed by atoms with E-state index in [9.17, 15) is 14.4 Å². The van der Waals surface area contributed by atoms with Crippen molar-refractivity contribution in [1.82, 2.24) is 34.3 Å². The standard InChI is InChI=1S/C28H31FN8O3/c1-17-26(33-34-37(17)21-8-10-35(11-9-21)27(38)40-28(3,4)5)19-12-24-32-16-22(14-30)36(24)25(13-19)39-18(2)23-7-6-20(29)15-31-23/h6-7,12-13,15-16,18,21H,8-11H2,1-5H3. The number of amides is 1. The van der Waals surface area contributed by atoms with Crippen LogP contribution in [0, 0.1) is 24.1 Å². The van der Waals surface area contributed by atoms with Crippen molar-refractivity contribution in [3.05, 3.63) is 59.6 Å². The van der Waals surface area contributed by atoms with Crippen LogP contribution in [0.15, 0.2) is 36.7 Å². The molecule has 208 valence electrons. The topological polar surface area (TPSA) is 123 Å². The maximum Gasteiger partial charge on any atom is 0.410 e. The van der Waals surface area contributed by atoms with Crippen LogP contribution in [-0.4, -0.2) is 59.0 Å². The molecule has 0 saturated carbocycles. The van der Waals surface area contributed by atoms with Gasteiger partial charge in [-0.25, -0.2) is 18.9 Å². The molecule has 1 saturated heterocycles. The van der Waals surface area contributed by atoms with E-state index in [1.165, 1.54) is 12.3 Å². The van der Waals surface area contributed by atoms with E-state index < -0.39 is 17.5 Å². The lowest BCUT2D eigenvalue weighted by Crippen LogP contribution is -2.42. The Morgan fingerprint density at radius 1 is 1.18 bits per heavy atom. The van der Waals surface area contributed by atoms with Crippen molar-refractivity contribution in [2.45, 2.75) is 65.2 Å². The van der Waals surface area contributed by atoms with Crippen LogP contribution in [0.25, 0.3) is 16.9 Å². The minimum absolute atomic E-state index is 0.0839. The Morgan fingerprint density at radius 3 is 2.58 bits per heavy atom. The van der Waals surface area contributed by atoms with Crippen LogP contribution >= 0.6 is 0 Å². The molecule has 0 aliphatic carbocycles. The molecule has 1 aliphatic heterocycles. The van der Waals surface area contributed by atoms with E-state index in [0.29, 0.717) is 41.7 Å². The van der Waals surface area contributed by atoms with Gasteiger partial charge in [-0.3, -0.25) is 9.38 Å². The third-order valence-electron chi connectivity index (χ3n) is 6.81. The molecular formula is C28H31FN8O3. The summed E-state index contributed by atoms with van der Waals surface area (Å²) in [5, 5.41) is 18.6. The number of nitriles is 1. The summed E-state index contributed by atoms with van der Waals surface area (Å²) in [7, 11) is 0. The van der Waals surface area contributed by atoms with E-state index in [2.05, 4.69) is 26.3 Å². The van der Waals surface area contributed by atoms with Crippen LogP contribution in [0.3, 0.4) is 0 Å². The van der Waals surface area contributed by atoms with Crippen molar-refractivity contribution in [3.8, 4) is 23.2 Å². The molecule has 0 N–H and O–H groups in total. The average Bonchev–Trinajstić information content (AvgIpc) is 3.51. The maximum atomic E-state index is 13.4. The van der Waals surface area contributed by atoms with Crippen LogP contribution < -0.4 is 4.74 Å². The van der Waals surface area contributed by atoms with E-state index in [0.717, 1.165) is 30.3 Å². The molecule has 5 rings (SSSR count). The minimum Gasteiger partial charge on any atom is -0.469 e. The molecule has 1 aliphatic rings. The smallest absolute Gasteiger partial charge is 0.410 e. The first kappa shape index (κ1) is 27.1. The highest BCUT2D eigenvalue weighted by Crippen LogP contribution is 2.33. The lowest BCUT2D eigenvalue weighted by Gasteiger charge is -2.33. The zero-order chi connectivity index (χ0) is 28.6. The van der Waals surface area contributed by atoms with Crippen molar-refractivity contribution >= 4 is 11.7 Å². The zero-order valence-corrected chi connectivity index (χ0v) is 23.1. The number of fused-ring (bicyclic) bond motifs is 1. The Hall–Kier alpha value is -4.53. The maximum absolute atomic E-state index is 13.4. The number of piperidine rings is 1. The monoisotopic (exact) mass is 546 g/mol. The summed E-state index contributed by atoms with van der Waals surface area (Å²) >= 11 is 0. The molecule has 1 atom stereocenters. The van der Waals surface area contributed by atoms with Crippen molar-refractivity contribution in [2.24, 2.45) is 0 Å². The molecule has 11 nitrogen and oxygen atoms in total. The van der Waals surface area contributed by atoms with Crippen molar-refractivity contribution in [1.29, 1.82) is 5.26 Å². The number of halogens is 1. The van der Waals surface area contributed by atoms with Crippen LogP contribution in [0.5, 0.6) is 5.88 Å². The van der Waals surface area contributed by atoms with Crippen LogP contribution in [0.2, 0.25) is 0 Å². The summed E-state index contributed by atoms with van der Waals surface area (Å²) in [4.78, 5) is 22.7. The highest BCUT2D eigenvalue weighted by atomic mass is 19.1. The molecule has 0 bridgehead atoms. The summed E-state index contributed by atoms with van der Waals surface area (Å²) < 4.78 is 28.7. The number of likely N-dealkylation sites (tertiary alicyclic amines) is 1. The third-order valence-corrected chi connectivity index (χ3v) is 6.81. The van der Waals surface area contributed by atoms with E-state index in [-0.39, 0.29) is 12.1 Å². The molecule has 0 radical (unpaired) electrons. The third kappa shape index (κ3) is 5.45. The first-order valence-corrected chi connectivity index (χ1v) is 13.1. The largest absolute Gasteiger partial charge is 0.469 e. The summed E-state index contributed by atoms with van der Waals surface area (Å²) in [5.41, 5.74) is 3.09. The quantitative estimate of drug-likeness (QED) is 0.342. The first-order chi connectivity index (χ1) is 19.0. The molecule has 5 heterocycles. The fourth-order valence-electron chi connectivity index (χ4n) is 4.82. The van der Waals surface area contributed by atoms with Crippen molar-refractivity contribution in [2.75, 3.05) is 13.1 Å². The van der Waals surface area contributed by atoms with Crippen molar-refractivity contribution in [3.63, 3.8) is 0 Å². The number of imidazole rings is 1. The Kier molecular flexibility index (Phi) is 7.14. The summed E-state index contributed by atoms with van der Waals surface area (Å²) in [6.07, 6.45) is 3.24. The Balaban J connectivity index is 1.41. The number of nitrogens with zero attached hydrogens (tertiary/aromatic N) is 8. The predicted molar refractivity (Wildman–Crippen MR) is 143 cm³/mol. The van der Waals surface area contributed by atoms with Gasteiger partial charge < -0.3 is 14.4 Å². The second-order valence-electron chi connectivity index (χ2n) is 10.9. The van der Waals surface area contributed by atoms with Gasteiger partial charge in [0.15, 0.2) is 0 Å². The normalized spacial score (nSPS) is 15.2. The second kappa shape index (κ2) is 10.6. The highest BCUT2D eigenvalue weighted by molar-refractivity contribution is 5.69. The fraction of sp³-hybridized carbons (Fsp3) is 0.429. The molecule has 1 fully saturated rings. The molecule has 1 unspecified atom stereocenters. The lowest BCUT2D eigenvalue weighted by molar-refractivity contribution is 0.0183. The number of aromatic nitrogens is 6. The number of hydrogen-bond donors (Lipinski definition) is 0. The van der Waals surface area contributed by atoms with Crippen LogP contribution in [-0.2, 0) is 4.74 Å². The lowest BCUT2D eigenvalue weighted by atomic mass is 10.0. The Bertz CT molecular complexity index is 1570. The average molecular weight is 547 g/mol. The van der Waals surface area contributed by atoms with E-state index in [1.807, 2.05) is 38.4 Å². The molecular weight excluding hydrogens is 515 g/mol. The summed E-state index contributed by atoms with van der Waals surface area (Å²) in [6.45, 7) is 10.5. The zero-order valence-electron chi connectivity index (χ0n) is 23.1. The van der Waals surface area contributed by atoms with Gasteiger partial charge in [-0.05, 0) is 65.7 Å². The summed E-state index contributed by atoms with van der Waals surface area (Å²) in [6, 6.07) is 8.74. The number of ether oxygens (including phenoxy) is 2. The molecule has 40 heavy (non-hydrogen) atoms. The molecule has 4 aromatic heterocycles. The highest BCUT2D eigenvalue weighted by Gasteiger charge is 2.29. The fourth-order valence-corrected chi connectivity index (χ4v) is 4.82. The van der Waals surface area contributed by atoms with Crippen molar-refractivity contribution < 1.29 is 18.7 Å². The van der Waals surface area contributed by atoms with E-state index >= 15 is 0 Å². The van der Waals surface area contributed by atoms with Crippen LogP contribution in [0.1, 0.15) is 69.8 Å². The Labute approximate surface area is 231 Å². The van der Waals surface area contributed by atoms with Gasteiger partial charge in [-0.15, -0.1) is 5.10 Å². The molecule has 0 spiro atoms. The van der Waals surface area contributed by atoms with Gasteiger partial charge in [0, 0.05) is 24.7 Å². The van der Waals surface area contributed by atoms with E-state index in [4.69, 9.17) is 9.47 Å². The molecule has 1 amide bonds. The number of carbonyl (C=O) groups is 1. The predicted octanol–water partition coefficient (Wildman–Crippen LogP) is 5.02. The molecule has 0 aromatic carbocycles. The number of pyridine rings is 2. The van der Waals surface area contributed by atoms with Gasteiger partial charge in [0.05, 0.1) is 29.8 Å². The SMILES string of the molecule is Cc1c(-c2cc(OC(C)c3ccc(F)cn3)n3c(C#N)cnc3c2)nnn1C1CCN(C(=O)OC(C)(C)C)CC1. The molecule has 12 heteroatoms. The van der Waals surface area contributed by atoms with Gasteiger partial charge >= 0.3 is 6.09 Å². The van der Waals surface area contributed by atoms with Gasteiger partial charge in [0.25, 0.3) is 0 Å². The molecule has 4 aromatic rings.